The summed E-state index contributed by atoms with van der Waals surface area (Å²) >= 11 is 0. The number of hydrogen-bond acceptors (Lipinski definition) is 3. The fourth-order valence-electron chi connectivity index (χ4n) is 2.15. The lowest BCUT2D eigenvalue weighted by Gasteiger charge is -2.18. The molecule has 0 saturated carbocycles. The predicted octanol–water partition coefficient (Wildman–Crippen LogP) is 2.68. The lowest BCUT2D eigenvalue weighted by atomic mass is 10.1. The van der Waals surface area contributed by atoms with Crippen molar-refractivity contribution in [2.24, 2.45) is 0 Å². The standard InChI is InChI=1S/C17H22N2O/c1-19(13-10-16-9-5-6-12-18-16)14-11-17(20)15-7-3-2-4-8-15/h2-9,12,17,20H,10-11,13-14H2,1H3. The Bertz CT molecular complexity index is 487. The molecule has 106 valence electrons. The summed E-state index contributed by atoms with van der Waals surface area (Å²) in [6, 6.07) is 15.8. The average Bonchev–Trinajstić information content (AvgIpc) is 2.52. The molecule has 1 heterocycles. The summed E-state index contributed by atoms with van der Waals surface area (Å²) in [6.45, 7) is 1.83. The molecule has 0 bridgehead atoms. The first-order valence-corrected chi connectivity index (χ1v) is 7.07. The second-order valence-electron chi connectivity index (χ2n) is 5.09. The van der Waals surface area contributed by atoms with Gasteiger partial charge < -0.3 is 10.0 Å². The largest absolute Gasteiger partial charge is 0.388 e. The minimum Gasteiger partial charge on any atom is -0.388 e. The second-order valence-corrected chi connectivity index (χ2v) is 5.09. The zero-order valence-electron chi connectivity index (χ0n) is 11.9. The summed E-state index contributed by atoms with van der Waals surface area (Å²) in [5.41, 5.74) is 2.11. The molecular weight excluding hydrogens is 248 g/mol. The van der Waals surface area contributed by atoms with E-state index in [2.05, 4.69) is 16.9 Å². The Hall–Kier alpha value is -1.71. The van der Waals surface area contributed by atoms with Gasteiger partial charge in [-0.2, -0.15) is 0 Å². The number of pyridine rings is 1. The van der Waals surface area contributed by atoms with Gasteiger partial charge in [0.2, 0.25) is 0 Å². The van der Waals surface area contributed by atoms with E-state index in [0.29, 0.717) is 0 Å². The fraction of sp³-hybridized carbons (Fsp3) is 0.353. The molecule has 0 radical (unpaired) electrons. The van der Waals surface area contributed by atoms with E-state index in [1.807, 2.05) is 54.7 Å². The van der Waals surface area contributed by atoms with Crippen LogP contribution in [0.3, 0.4) is 0 Å². The maximum atomic E-state index is 10.1. The van der Waals surface area contributed by atoms with Crippen molar-refractivity contribution >= 4 is 0 Å². The highest BCUT2D eigenvalue weighted by molar-refractivity contribution is 5.17. The molecule has 3 heteroatoms. The third-order valence-electron chi connectivity index (χ3n) is 3.44. The Morgan fingerprint density at radius 2 is 1.80 bits per heavy atom. The zero-order valence-corrected chi connectivity index (χ0v) is 11.9. The van der Waals surface area contributed by atoms with Crippen LogP contribution in [0.1, 0.15) is 23.8 Å². The number of hydrogen-bond donors (Lipinski definition) is 1. The van der Waals surface area contributed by atoms with Gasteiger partial charge in [-0.25, -0.2) is 0 Å². The van der Waals surface area contributed by atoms with E-state index in [4.69, 9.17) is 0 Å². The number of benzene rings is 1. The van der Waals surface area contributed by atoms with Crippen LogP contribution in [0, 0.1) is 0 Å². The summed E-state index contributed by atoms with van der Waals surface area (Å²) in [7, 11) is 2.08. The molecule has 0 spiro atoms. The van der Waals surface area contributed by atoms with Crippen LogP contribution in [0.4, 0.5) is 0 Å². The smallest absolute Gasteiger partial charge is 0.0802 e. The number of aromatic nitrogens is 1. The van der Waals surface area contributed by atoms with Gasteiger partial charge in [0, 0.05) is 31.4 Å². The van der Waals surface area contributed by atoms with Crippen LogP contribution >= 0.6 is 0 Å². The highest BCUT2D eigenvalue weighted by Crippen LogP contribution is 2.15. The van der Waals surface area contributed by atoms with Crippen molar-refractivity contribution < 1.29 is 5.11 Å². The Kier molecular flexibility index (Phi) is 5.71. The van der Waals surface area contributed by atoms with E-state index in [0.717, 1.165) is 37.2 Å². The van der Waals surface area contributed by atoms with Crippen LogP contribution in [0.15, 0.2) is 54.7 Å². The Labute approximate surface area is 120 Å². The summed E-state index contributed by atoms with van der Waals surface area (Å²) in [4.78, 5) is 6.55. The molecule has 0 saturated heterocycles. The maximum Gasteiger partial charge on any atom is 0.0802 e. The Morgan fingerprint density at radius 3 is 2.50 bits per heavy atom. The number of rotatable bonds is 7. The van der Waals surface area contributed by atoms with Crippen LogP contribution in [0.25, 0.3) is 0 Å². The lowest BCUT2D eigenvalue weighted by molar-refractivity contribution is 0.149. The monoisotopic (exact) mass is 270 g/mol. The molecule has 3 nitrogen and oxygen atoms in total. The molecule has 0 aliphatic heterocycles. The van der Waals surface area contributed by atoms with Gasteiger partial charge in [-0.1, -0.05) is 36.4 Å². The summed E-state index contributed by atoms with van der Waals surface area (Å²) in [5.74, 6) is 0. The van der Waals surface area contributed by atoms with E-state index >= 15 is 0 Å². The van der Waals surface area contributed by atoms with Crippen molar-refractivity contribution in [3.8, 4) is 0 Å². The van der Waals surface area contributed by atoms with Crippen molar-refractivity contribution in [2.75, 3.05) is 20.1 Å². The van der Waals surface area contributed by atoms with Gasteiger partial charge in [0.25, 0.3) is 0 Å². The first-order chi connectivity index (χ1) is 9.75. The van der Waals surface area contributed by atoms with Crippen molar-refractivity contribution in [3.63, 3.8) is 0 Å². The van der Waals surface area contributed by atoms with Gasteiger partial charge in [0.1, 0.15) is 0 Å². The maximum absolute atomic E-state index is 10.1. The van der Waals surface area contributed by atoms with Crippen molar-refractivity contribution in [3.05, 3.63) is 66.0 Å². The summed E-state index contributed by atoms with van der Waals surface area (Å²) in [5, 5.41) is 10.1. The normalized spacial score (nSPS) is 12.6. The second kappa shape index (κ2) is 7.78. The zero-order chi connectivity index (χ0) is 14.2. The van der Waals surface area contributed by atoms with Crippen molar-refractivity contribution in [1.29, 1.82) is 0 Å². The van der Waals surface area contributed by atoms with Gasteiger partial charge in [-0.15, -0.1) is 0 Å². The van der Waals surface area contributed by atoms with E-state index in [1.165, 1.54) is 0 Å². The lowest BCUT2D eigenvalue weighted by Crippen LogP contribution is -2.24. The van der Waals surface area contributed by atoms with Crippen molar-refractivity contribution in [1.82, 2.24) is 9.88 Å². The van der Waals surface area contributed by atoms with Gasteiger partial charge in [-0.3, -0.25) is 4.98 Å². The molecule has 0 fully saturated rings. The number of aliphatic hydroxyl groups is 1. The minimum atomic E-state index is -0.381. The Balaban J connectivity index is 1.71. The number of nitrogens with zero attached hydrogens (tertiary/aromatic N) is 2. The summed E-state index contributed by atoms with van der Waals surface area (Å²) < 4.78 is 0. The molecule has 1 aromatic heterocycles. The van der Waals surface area contributed by atoms with E-state index in [-0.39, 0.29) is 6.10 Å². The van der Waals surface area contributed by atoms with Crippen LogP contribution in [-0.2, 0) is 6.42 Å². The third-order valence-corrected chi connectivity index (χ3v) is 3.44. The number of likely N-dealkylation sites (N-methyl/N-ethyl adjacent to an activating group) is 1. The topological polar surface area (TPSA) is 36.4 Å². The SMILES string of the molecule is CN(CCc1ccccn1)CCC(O)c1ccccc1. The van der Waals surface area contributed by atoms with Gasteiger partial charge in [0.15, 0.2) is 0 Å². The minimum absolute atomic E-state index is 0.381. The molecule has 2 rings (SSSR count). The fourth-order valence-corrected chi connectivity index (χ4v) is 2.15. The Morgan fingerprint density at radius 1 is 1.05 bits per heavy atom. The van der Waals surface area contributed by atoms with Crippen LogP contribution < -0.4 is 0 Å². The highest BCUT2D eigenvalue weighted by Gasteiger charge is 2.08. The molecule has 1 aromatic carbocycles. The van der Waals surface area contributed by atoms with Gasteiger partial charge in [0.05, 0.1) is 6.10 Å². The first kappa shape index (κ1) is 14.7. The molecule has 2 aromatic rings. The highest BCUT2D eigenvalue weighted by atomic mass is 16.3. The van der Waals surface area contributed by atoms with Gasteiger partial charge >= 0.3 is 0 Å². The molecule has 0 aliphatic rings. The molecule has 0 aliphatic carbocycles. The summed E-state index contributed by atoms with van der Waals surface area (Å²) in [6.07, 6.45) is 3.14. The number of aliphatic hydroxyl groups excluding tert-OH is 1. The van der Waals surface area contributed by atoms with E-state index < -0.39 is 0 Å². The first-order valence-electron chi connectivity index (χ1n) is 7.07. The van der Waals surface area contributed by atoms with Crippen LogP contribution in [0.2, 0.25) is 0 Å². The molecule has 1 N–H and O–H groups in total. The molecule has 0 amide bonds. The van der Waals surface area contributed by atoms with Crippen LogP contribution in [-0.4, -0.2) is 35.1 Å². The third kappa shape index (κ3) is 4.76. The van der Waals surface area contributed by atoms with Crippen LogP contribution in [0.5, 0.6) is 0 Å². The molecule has 1 unspecified atom stereocenters. The predicted molar refractivity (Wildman–Crippen MR) is 81.5 cm³/mol. The molecule has 1 atom stereocenters. The van der Waals surface area contributed by atoms with E-state index in [1.54, 1.807) is 0 Å². The van der Waals surface area contributed by atoms with Gasteiger partial charge in [-0.05, 0) is 31.2 Å². The van der Waals surface area contributed by atoms with Crippen molar-refractivity contribution in [2.45, 2.75) is 18.9 Å². The van der Waals surface area contributed by atoms with E-state index in [9.17, 15) is 5.11 Å². The molecular formula is C17H22N2O. The molecule has 20 heavy (non-hydrogen) atoms. The quantitative estimate of drug-likeness (QED) is 0.840. The average molecular weight is 270 g/mol.